The minimum absolute atomic E-state index is 0.0574. The van der Waals surface area contributed by atoms with Gasteiger partial charge < -0.3 is 5.11 Å². The standard InChI is InChI=1S/C12H13N3OS/c1-7-8(2)14-15(11(7)16)12-13-9-5-3-4-6-10(9)17-12/h3-7,11,16H,1-2H3. The molecule has 1 aromatic heterocycles. The highest BCUT2D eigenvalue weighted by molar-refractivity contribution is 7.22. The Morgan fingerprint density at radius 2 is 2.12 bits per heavy atom. The lowest BCUT2D eigenvalue weighted by molar-refractivity contribution is 0.152. The van der Waals surface area contributed by atoms with Crippen molar-refractivity contribution >= 4 is 32.4 Å². The summed E-state index contributed by atoms with van der Waals surface area (Å²) in [4.78, 5) is 4.49. The van der Waals surface area contributed by atoms with Crippen LogP contribution in [0.1, 0.15) is 13.8 Å². The number of hydrazone groups is 1. The summed E-state index contributed by atoms with van der Waals surface area (Å²) in [5.74, 6) is 0.0574. The predicted octanol–water partition coefficient (Wildman–Crippen LogP) is 2.45. The Bertz CT molecular complexity index is 559. The summed E-state index contributed by atoms with van der Waals surface area (Å²) >= 11 is 1.55. The van der Waals surface area contributed by atoms with E-state index in [1.807, 2.05) is 38.1 Å². The van der Waals surface area contributed by atoms with E-state index >= 15 is 0 Å². The first-order chi connectivity index (χ1) is 8.16. The van der Waals surface area contributed by atoms with E-state index in [9.17, 15) is 5.11 Å². The number of aromatic nitrogens is 1. The number of anilines is 1. The molecule has 4 nitrogen and oxygen atoms in total. The third kappa shape index (κ3) is 1.62. The first-order valence-corrected chi connectivity index (χ1v) is 6.36. The van der Waals surface area contributed by atoms with E-state index in [2.05, 4.69) is 10.1 Å². The number of para-hydroxylation sites is 1. The first kappa shape index (κ1) is 10.7. The second-order valence-electron chi connectivity index (χ2n) is 4.25. The molecule has 17 heavy (non-hydrogen) atoms. The van der Waals surface area contributed by atoms with E-state index in [1.54, 1.807) is 16.3 Å². The second kappa shape index (κ2) is 3.78. The Hall–Kier alpha value is -1.46. The van der Waals surface area contributed by atoms with Gasteiger partial charge in [-0.15, -0.1) is 0 Å². The number of hydrogen-bond acceptors (Lipinski definition) is 5. The van der Waals surface area contributed by atoms with Gasteiger partial charge in [-0.25, -0.2) is 9.99 Å². The Balaban J connectivity index is 2.05. The number of aliphatic hydroxyl groups excluding tert-OH is 1. The van der Waals surface area contributed by atoms with Crippen LogP contribution in [0.3, 0.4) is 0 Å². The smallest absolute Gasteiger partial charge is 0.209 e. The van der Waals surface area contributed by atoms with Crippen LogP contribution >= 0.6 is 11.3 Å². The molecule has 0 bridgehead atoms. The van der Waals surface area contributed by atoms with Crippen molar-refractivity contribution in [2.75, 3.05) is 5.01 Å². The van der Waals surface area contributed by atoms with Gasteiger partial charge in [-0.1, -0.05) is 30.4 Å². The molecule has 0 spiro atoms. The molecule has 0 saturated carbocycles. The van der Waals surface area contributed by atoms with Gasteiger partial charge in [0.05, 0.1) is 10.2 Å². The van der Waals surface area contributed by atoms with Crippen LogP contribution in [0.25, 0.3) is 10.2 Å². The van der Waals surface area contributed by atoms with Gasteiger partial charge in [0.25, 0.3) is 0 Å². The van der Waals surface area contributed by atoms with Crippen molar-refractivity contribution in [3.8, 4) is 0 Å². The summed E-state index contributed by atoms with van der Waals surface area (Å²) in [7, 11) is 0. The zero-order chi connectivity index (χ0) is 12.0. The third-order valence-electron chi connectivity index (χ3n) is 3.10. The summed E-state index contributed by atoms with van der Waals surface area (Å²) in [6.45, 7) is 3.90. The van der Waals surface area contributed by atoms with Gasteiger partial charge in [0.15, 0.2) is 6.23 Å². The van der Waals surface area contributed by atoms with E-state index in [1.165, 1.54) is 0 Å². The zero-order valence-electron chi connectivity index (χ0n) is 9.66. The molecule has 0 fully saturated rings. The van der Waals surface area contributed by atoms with Crippen molar-refractivity contribution in [1.82, 2.24) is 4.98 Å². The second-order valence-corrected chi connectivity index (χ2v) is 5.26. The monoisotopic (exact) mass is 247 g/mol. The summed E-state index contributed by atoms with van der Waals surface area (Å²) in [5, 5.41) is 16.8. The van der Waals surface area contributed by atoms with Gasteiger partial charge in [0.2, 0.25) is 5.13 Å². The minimum atomic E-state index is -0.601. The van der Waals surface area contributed by atoms with Crippen molar-refractivity contribution in [2.45, 2.75) is 20.1 Å². The molecule has 0 amide bonds. The van der Waals surface area contributed by atoms with Gasteiger partial charge in [-0.05, 0) is 19.1 Å². The first-order valence-electron chi connectivity index (χ1n) is 5.55. The van der Waals surface area contributed by atoms with Crippen LogP contribution in [0.4, 0.5) is 5.13 Å². The number of nitrogens with zero attached hydrogens (tertiary/aromatic N) is 3. The van der Waals surface area contributed by atoms with E-state index in [0.717, 1.165) is 21.1 Å². The topological polar surface area (TPSA) is 48.7 Å². The van der Waals surface area contributed by atoms with Crippen LogP contribution in [-0.4, -0.2) is 22.0 Å². The largest absolute Gasteiger partial charge is 0.371 e. The zero-order valence-corrected chi connectivity index (χ0v) is 10.5. The maximum Gasteiger partial charge on any atom is 0.209 e. The van der Waals surface area contributed by atoms with Gasteiger partial charge >= 0.3 is 0 Å². The molecule has 0 radical (unpaired) electrons. The molecule has 0 saturated heterocycles. The molecule has 2 heterocycles. The molecule has 1 aliphatic rings. The van der Waals surface area contributed by atoms with Crippen molar-refractivity contribution < 1.29 is 5.11 Å². The quantitative estimate of drug-likeness (QED) is 0.842. The molecule has 2 atom stereocenters. The number of thiazole rings is 1. The predicted molar refractivity (Wildman–Crippen MR) is 70.4 cm³/mol. The van der Waals surface area contributed by atoms with Crippen LogP contribution in [0.2, 0.25) is 0 Å². The Kier molecular flexibility index (Phi) is 2.38. The van der Waals surface area contributed by atoms with Crippen molar-refractivity contribution in [3.05, 3.63) is 24.3 Å². The van der Waals surface area contributed by atoms with Gasteiger partial charge in [0, 0.05) is 11.6 Å². The number of rotatable bonds is 1. The number of aliphatic hydroxyl groups is 1. The molecule has 5 heteroatoms. The van der Waals surface area contributed by atoms with Crippen LogP contribution in [0, 0.1) is 5.92 Å². The van der Waals surface area contributed by atoms with Gasteiger partial charge in [-0.2, -0.15) is 5.10 Å². The van der Waals surface area contributed by atoms with Crippen LogP contribution in [0.15, 0.2) is 29.4 Å². The normalized spacial score (nSPS) is 24.4. The van der Waals surface area contributed by atoms with E-state index in [0.29, 0.717) is 0 Å². The molecular weight excluding hydrogens is 234 g/mol. The number of fused-ring (bicyclic) bond motifs is 1. The fourth-order valence-electron chi connectivity index (χ4n) is 1.86. The molecule has 1 aromatic carbocycles. The Labute approximate surface area is 103 Å². The van der Waals surface area contributed by atoms with Gasteiger partial charge in [0.1, 0.15) is 0 Å². The average molecular weight is 247 g/mol. The molecule has 1 N–H and O–H groups in total. The molecule has 88 valence electrons. The minimum Gasteiger partial charge on any atom is -0.371 e. The van der Waals surface area contributed by atoms with Crippen LogP contribution in [-0.2, 0) is 0 Å². The highest BCUT2D eigenvalue weighted by atomic mass is 32.1. The lowest BCUT2D eigenvalue weighted by Gasteiger charge is -2.17. The van der Waals surface area contributed by atoms with Crippen LogP contribution < -0.4 is 5.01 Å². The number of benzene rings is 1. The molecule has 2 aromatic rings. The Morgan fingerprint density at radius 3 is 2.76 bits per heavy atom. The van der Waals surface area contributed by atoms with Crippen molar-refractivity contribution in [1.29, 1.82) is 0 Å². The van der Waals surface area contributed by atoms with Crippen molar-refractivity contribution in [3.63, 3.8) is 0 Å². The average Bonchev–Trinajstić information content (AvgIpc) is 2.86. The summed E-state index contributed by atoms with van der Waals surface area (Å²) in [6.07, 6.45) is -0.601. The van der Waals surface area contributed by atoms with E-state index in [-0.39, 0.29) is 5.92 Å². The summed E-state index contributed by atoms with van der Waals surface area (Å²) in [6, 6.07) is 7.95. The summed E-state index contributed by atoms with van der Waals surface area (Å²) < 4.78 is 1.11. The highest BCUT2D eigenvalue weighted by Crippen LogP contribution is 2.33. The maximum absolute atomic E-state index is 10.1. The molecule has 3 rings (SSSR count). The SMILES string of the molecule is CC1=NN(c2nc3ccccc3s2)C(O)C1C. The van der Waals surface area contributed by atoms with E-state index in [4.69, 9.17) is 0 Å². The summed E-state index contributed by atoms with van der Waals surface area (Å²) in [5.41, 5.74) is 1.89. The fraction of sp³-hybridized carbons (Fsp3) is 0.333. The van der Waals surface area contributed by atoms with Crippen molar-refractivity contribution in [2.24, 2.45) is 11.0 Å². The fourth-order valence-corrected chi connectivity index (χ4v) is 2.81. The molecule has 2 unspecified atom stereocenters. The lowest BCUT2D eigenvalue weighted by Crippen LogP contribution is -2.31. The van der Waals surface area contributed by atoms with E-state index < -0.39 is 6.23 Å². The third-order valence-corrected chi connectivity index (χ3v) is 4.13. The maximum atomic E-state index is 10.1. The molecule has 0 aliphatic carbocycles. The lowest BCUT2D eigenvalue weighted by atomic mass is 10.1. The highest BCUT2D eigenvalue weighted by Gasteiger charge is 2.32. The Morgan fingerprint density at radius 1 is 1.35 bits per heavy atom. The molecular formula is C12H13N3OS. The van der Waals surface area contributed by atoms with Crippen LogP contribution in [0.5, 0.6) is 0 Å². The van der Waals surface area contributed by atoms with Gasteiger partial charge in [-0.3, -0.25) is 0 Å². The number of hydrogen-bond donors (Lipinski definition) is 1. The molecule has 1 aliphatic heterocycles.